The number of hydrogen-bond donors (Lipinski definition) is 1. The average molecular weight is 842 g/mol. The minimum Gasteiger partial charge on any atom is -0.494 e. The lowest BCUT2D eigenvalue weighted by atomic mass is 9.89. The number of rotatable bonds is 18. The molecule has 0 spiro atoms. The van der Waals surface area contributed by atoms with Crippen molar-refractivity contribution in [2.24, 2.45) is 11.8 Å². The van der Waals surface area contributed by atoms with Crippen LogP contribution < -0.4 is 19.7 Å². The number of thiazole rings is 2. The number of hydrogen-bond acceptors (Lipinski definition) is 11. The summed E-state index contributed by atoms with van der Waals surface area (Å²) in [6.07, 6.45) is 16.3. The van der Waals surface area contributed by atoms with Crippen LogP contribution in [-0.4, -0.2) is 76.7 Å². The predicted octanol–water partition coefficient (Wildman–Crippen LogP) is 10.3. The largest absolute Gasteiger partial charge is 0.494 e. The van der Waals surface area contributed by atoms with E-state index in [1.165, 1.54) is 67.9 Å². The molecule has 1 unspecified atom stereocenters. The highest BCUT2D eigenvalue weighted by atomic mass is 32.1. The summed E-state index contributed by atoms with van der Waals surface area (Å²) in [5, 5.41) is 8.51. The number of likely N-dealkylation sites (tertiary alicyclic amines) is 1. The Balaban J connectivity index is 1.09. The molecule has 6 heterocycles. The molecule has 1 amide bonds. The molecule has 4 aromatic heterocycles. The van der Waals surface area contributed by atoms with E-state index in [1.54, 1.807) is 29.7 Å². The van der Waals surface area contributed by atoms with Gasteiger partial charge in [-0.3, -0.25) is 14.8 Å². The van der Waals surface area contributed by atoms with Crippen molar-refractivity contribution < 1.29 is 14.3 Å². The Morgan fingerprint density at radius 2 is 1.23 bits per heavy atom. The summed E-state index contributed by atoms with van der Waals surface area (Å²) in [7, 11) is 0. The average Bonchev–Trinajstić information content (AvgIpc) is 4.00. The summed E-state index contributed by atoms with van der Waals surface area (Å²) in [6, 6.07) is 23.8. The standard InChI is InChI=1S/C48H55N7O3S2/c1-2-54-27-19-36(20-28-54)8-6-30-58-42-12-4-10-40(32-42)45(39-9-3-11-41(31-39)57-29-5-7-35-13-21-49-22-14-35)46(56)55(47-52-43(33-59-47)37-15-23-50-24-16-37)48-53-44(34-60-48)38-17-25-51-26-18-38/h3-4,9-12,15-18,23-26,31-36,45,49H,2,5-8,13-14,19-22,27-30H2,1H3. The maximum absolute atomic E-state index is 15.6. The molecular formula is C48H55N7O3S2. The third-order valence-electron chi connectivity index (χ3n) is 11.8. The number of carbonyl (C=O) groups excluding carboxylic acids is 1. The number of nitrogens with zero attached hydrogens (tertiary/aromatic N) is 6. The molecule has 2 aliphatic heterocycles. The predicted molar refractivity (Wildman–Crippen MR) is 242 cm³/mol. The normalized spacial score (nSPS) is 15.8. The Bertz CT molecular complexity index is 2160. The van der Waals surface area contributed by atoms with E-state index >= 15 is 4.79 Å². The Hall–Kier alpha value is -5.01. The van der Waals surface area contributed by atoms with Crippen molar-refractivity contribution >= 4 is 38.8 Å². The Morgan fingerprint density at radius 1 is 0.733 bits per heavy atom. The maximum Gasteiger partial charge on any atom is 0.247 e. The molecular weight excluding hydrogens is 787 g/mol. The molecule has 8 rings (SSSR count). The van der Waals surface area contributed by atoms with Crippen LogP contribution in [0, 0.1) is 11.8 Å². The number of amides is 1. The van der Waals surface area contributed by atoms with E-state index < -0.39 is 5.92 Å². The summed E-state index contributed by atoms with van der Waals surface area (Å²) < 4.78 is 12.8. The van der Waals surface area contributed by atoms with Crippen molar-refractivity contribution in [1.82, 2.24) is 30.2 Å². The highest BCUT2D eigenvalue weighted by molar-refractivity contribution is 7.16. The smallest absolute Gasteiger partial charge is 0.247 e. The number of anilines is 2. The Morgan fingerprint density at radius 3 is 1.73 bits per heavy atom. The second-order valence-electron chi connectivity index (χ2n) is 15.8. The lowest BCUT2D eigenvalue weighted by Crippen LogP contribution is -2.33. The molecule has 12 heteroatoms. The van der Waals surface area contributed by atoms with Crippen LogP contribution in [-0.2, 0) is 4.79 Å². The fourth-order valence-corrected chi connectivity index (χ4v) is 10.1. The molecule has 2 aromatic carbocycles. The van der Waals surface area contributed by atoms with Crippen LogP contribution in [0.25, 0.3) is 22.5 Å². The number of aromatic nitrogens is 4. The summed E-state index contributed by atoms with van der Waals surface area (Å²) in [5.41, 5.74) is 5.04. The first-order chi connectivity index (χ1) is 29.6. The van der Waals surface area contributed by atoms with Gasteiger partial charge >= 0.3 is 0 Å². The molecule has 2 saturated heterocycles. The van der Waals surface area contributed by atoms with Gasteiger partial charge in [-0.2, -0.15) is 0 Å². The van der Waals surface area contributed by atoms with Crippen molar-refractivity contribution in [3.05, 3.63) is 119 Å². The van der Waals surface area contributed by atoms with Crippen molar-refractivity contribution in [1.29, 1.82) is 0 Å². The number of nitrogens with one attached hydrogen (secondary N) is 1. The van der Waals surface area contributed by atoms with Crippen LogP contribution in [0.5, 0.6) is 11.5 Å². The minimum atomic E-state index is -0.711. The molecule has 312 valence electrons. The van der Waals surface area contributed by atoms with E-state index in [4.69, 9.17) is 19.4 Å². The highest BCUT2D eigenvalue weighted by Gasteiger charge is 2.34. The van der Waals surface area contributed by atoms with Crippen LogP contribution in [0.1, 0.15) is 75.3 Å². The zero-order chi connectivity index (χ0) is 40.9. The summed E-state index contributed by atoms with van der Waals surface area (Å²) >= 11 is 2.84. The topological polar surface area (TPSA) is 106 Å². The molecule has 2 aliphatic rings. The van der Waals surface area contributed by atoms with Crippen molar-refractivity contribution in [3.63, 3.8) is 0 Å². The molecule has 0 bridgehead atoms. The van der Waals surface area contributed by atoms with E-state index in [-0.39, 0.29) is 5.91 Å². The molecule has 6 aromatic rings. The zero-order valence-corrected chi connectivity index (χ0v) is 36.1. The SMILES string of the molecule is CCN1CCC(CCCOc2cccc(C(C(=O)N(c3nc(-c4ccncc4)cs3)c3nc(-c4ccncc4)cs3)c3cccc(OCCCC4CCNCC4)c3)c2)CC1. The highest BCUT2D eigenvalue weighted by Crippen LogP contribution is 2.40. The van der Waals surface area contributed by atoms with E-state index in [9.17, 15) is 0 Å². The lowest BCUT2D eigenvalue weighted by molar-refractivity contribution is -0.118. The van der Waals surface area contributed by atoms with Crippen LogP contribution in [0.3, 0.4) is 0 Å². The number of benzene rings is 2. The number of ether oxygens (including phenoxy) is 2. The van der Waals surface area contributed by atoms with Gasteiger partial charge in [0.2, 0.25) is 5.91 Å². The quantitative estimate of drug-likeness (QED) is 0.0847. The monoisotopic (exact) mass is 841 g/mol. The van der Waals surface area contributed by atoms with Gasteiger partial charge in [-0.05, 0) is 156 Å². The first-order valence-corrected chi connectivity index (χ1v) is 23.3. The number of piperidine rings is 2. The van der Waals surface area contributed by atoms with Gasteiger partial charge in [0.15, 0.2) is 10.3 Å². The number of pyridine rings is 2. The van der Waals surface area contributed by atoms with E-state index in [0.29, 0.717) is 23.5 Å². The van der Waals surface area contributed by atoms with Gasteiger partial charge in [-0.15, -0.1) is 22.7 Å². The van der Waals surface area contributed by atoms with Crippen LogP contribution in [0.15, 0.2) is 108 Å². The second kappa shape index (κ2) is 21.0. The van der Waals surface area contributed by atoms with Crippen molar-refractivity contribution in [3.8, 4) is 34.0 Å². The fourth-order valence-electron chi connectivity index (χ4n) is 8.38. The van der Waals surface area contributed by atoms with Crippen molar-refractivity contribution in [2.75, 3.05) is 50.8 Å². The Kier molecular flexibility index (Phi) is 14.6. The molecule has 1 N–H and O–H groups in total. The van der Waals surface area contributed by atoms with Gasteiger partial charge < -0.3 is 19.7 Å². The Labute approximate surface area is 362 Å². The van der Waals surface area contributed by atoms with Gasteiger partial charge in [0.25, 0.3) is 0 Å². The summed E-state index contributed by atoms with van der Waals surface area (Å²) in [6.45, 7) is 9.24. The molecule has 60 heavy (non-hydrogen) atoms. The molecule has 1 atom stereocenters. The van der Waals surface area contributed by atoms with Crippen LogP contribution in [0.2, 0.25) is 0 Å². The second-order valence-corrected chi connectivity index (χ2v) is 17.5. The molecule has 2 fully saturated rings. The van der Waals surface area contributed by atoms with Crippen molar-refractivity contribution in [2.45, 2.75) is 64.2 Å². The zero-order valence-electron chi connectivity index (χ0n) is 34.5. The van der Waals surface area contributed by atoms with Gasteiger partial charge in [0.1, 0.15) is 11.5 Å². The van der Waals surface area contributed by atoms with Crippen LogP contribution in [0.4, 0.5) is 10.3 Å². The van der Waals surface area contributed by atoms with Crippen LogP contribution >= 0.6 is 22.7 Å². The van der Waals surface area contributed by atoms with Gasteiger partial charge in [-0.1, -0.05) is 31.2 Å². The third-order valence-corrected chi connectivity index (χ3v) is 13.5. The van der Waals surface area contributed by atoms with Gasteiger partial charge in [0, 0.05) is 46.7 Å². The summed E-state index contributed by atoms with van der Waals surface area (Å²) in [4.78, 5) is 38.3. The third kappa shape index (κ3) is 10.8. The molecule has 0 radical (unpaired) electrons. The first kappa shape index (κ1) is 41.7. The fraction of sp³-hybridized carbons (Fsp3) is 0.396. The first-order valence-electron chi connectivity index (χ1n) is 21.6. The number of carbonyl (C=O) groups is 1. The maximum atomic E-state index is 15.6. The minimum absolute atomic E-state index is 0.167. The molecule has 0 aliphatic carbocycles. The van der Waals surface area contributed by atoms with Gasteiger partial charge in [-0.25, -0.2) is 14.9 Å². The van der Waals surface area contributed by atoms with E-state index in [2.05, 4.69) is 27.1 Å². The lowest BCUT2D eigenvalue weighted by Gasteiger charge is -2.31. The molecule has 0 saturated carbocycles. The van der Waals surface area contributed by atoms with E-state index in [0.717, 1.165) is 95.9 Å². The van der Waals surface area contributed by atoms with Gasteiger partial charge in [0.05, 0.1) is 30.5 Å². The van der Waals surface area contributed by atoms with E-state index in [1.807, 2.05) is 83.6 Å². The summed E-state index contributed by atoms with van der Waals surface area (Å²) in [5.74, 6) is 2.13. The molecule has 10 nitrogen and oxygen atoms in total.